The van der Waals surface area contributed by atoms with Gasteiger partial charge >= 0.3 is 6.03 Å². The Balaban J connectivity index is 1.39. The number of carbonyl (C=O) groups is 1. The predicted molar refractivity (Wildman–Crippen MR) is 84.3 cm³/mol. The van der Waals surface area contributed by atoms with Crippen LogP contribution in [-0.2, 0) is 6.42 Å². The smallest absolute Gasteiger partial charge is 0.314 e. The van der Waals surface area contributed by atoms with Gasteiger partial charge in [0, 0.05) is 13.1 Å². The lowest BCUT2D eigenvalue weighted by Crippen LogP contribution is -2.37. The van der Waals surface area contributed by atoms with Crippen molar-refractivity contribution in [1.82, 2.24) is 10.6 Å². The Morgan fingerprint density at radius 1 is 1.35 bits per heavy atom. The average molecular weight is 290 g/mol. The highest BCUT2D eigenvalue weighted by molar-refractivity contribution is 7.98. The number of nitrogens with one attached hydrogen (secondary N) is 2. The number of urea groups is 1. The van der Waals surface area contributed by atoms with Crippen molar-refractivity contribution in [3.8, 4) is 0 Å². The van der Waals surface area contributed by atoms with Gasteiger partial charge in [-0.15, -0.1) is 0 Å². The van der Waals surface area contributed by atoms with E-state index < -0.39 is 0 Å². The normalized spacial score (nSPS) is 25.8. The SMILES string of the molecule is CSCCCNC(=O)NC[C@@H]1[C@@H]2Cc3ccccc3[C@@H]12. The van der Waals surface area contributed by atoms with Gasteiger partial charge < -0.3 is 10.6 Å². The zero-order valence-electron chi connectivity index (χ0n) is 11.9. The monoisotopic (exact) mass is 290 g/mol. The lowest BCUT2D eigenvalue weighted by Gasteiger charge is -2.10. The number of rotatable bonds is 6. The van der Waals surface area contributed by atoms with Crippen molar-refractivity contribution in [2.24, 2.45) is 11.8 Å². The van der Waals surface area contributed by atoms with E-state index in [0.29, 0.717) is 11.8 Å². The summed E-state index contributed by atoms with van der Waals surface area (Å²) in [5.41, 5.74) is 3.03. The fourth-order valence-corrected chi connectivity index (χ4v) is 3.89. The molecule has 4 heteroatoms. The highest BCUT2D eigenvalue weighted by Crippen LogP contribution is 2.60. The number of carbonyl (C=O) groups excluding carboxylic acids is 1. The number of amides is 2. The molecule has 0 saturated heterocycles. The maximum atomic E-state index is 11.7. The first-order chi connectivity index (χ1) is 9.81. The Labute approximate surface area is 124 Å². The van der Waals surface area contributed by atoms with Gasteiger partial charge in [-0.1, -0.05) is 24.3 Å². The zero-order chi connectivity index (χ0) is 13.9. The summed E-state index contributed by atoms with van der Waals surface area (Å²) in [5.74, 6) is 3.22. The molecule has 0 heterocycles. The van der Waals surface area contributed by atoms with Crippen LogP contribution in [0.5, 0.6) is 0 Å². The van der Waals surface area contributed by atoms with Crippen molar-refractivity contribution in [1.29, 1.82) is 0 Å². The summed E-state index contributed by atoms with van der Waals surface area (Å²) < 4.78 is 0. The second-order valence-corrected chi connectivity index (χ2v) is 6.73. The molecule has 2 aliphatic carbocycles. The number of hydrogen-bond donors (Lipinski definition) is 2. The van der Waals surface area contributed by atoms with Gasteiger partial charge in [0.05, 0.1) is 0 Å². The Morgan fingerprint density at radius 3 is 3.05 bits per heavy atom. The highest BCUT2D eigenvalue weighted by Gasteiger charge is 2.54. The standard InChI is InChI=1S/C16H22N2OS/c1-20-8-4-7-17-16(19)18-10-14-13-9-11-5-2-3-6-12(11)15(13)14/h2-3,5-6,13-15H,4,7-10H2,1H3,(H2,17,18,19)/t13-,14+,15+/m0/s1. The third-order valence-corrected chi connectivity index (χ3v) is 5.21. The fraction of sp³-hybridized carbons (Fsp3) is 0.562. The van der Waals surface area contributed by atoms with Gasteiger partial charge in [-0.2, -0.15) is 11.8 Å². The van der Waals surface area contributed by atoms with Gasteiger partial charge in [0.25, 0.3) is 0 Å². The van der Waals surface area contributed by atoms with E-state index in [1.807, 2.05) is 11.8 Å². The molecule has 0 aliphatic heterocycles. The Hall–Kier alpha value is -1.16. The van der Waals surface area contributed by atoms with Crippen LogP contribution in [0.2, 0.25) is 0 Å². The van der Waals surface area contributed by atoms with Gasteiger partial charge in [0.1, 0.15) is 0 Å². The molecule has 2 N–H and O–H groups in total. The summed E-state index contributed by atoms with van der Waals surface area (Å²) >= 11 is 1.81. The number of benzene rings is 1. The van der Waals surface area contributed by atoms with Crippen LogP contribution < -0.4 is 10.6 Å². The molecule has 3 atom stereocenters. The largest absolute Gasteiger partial charge is 0.338 e. The van der Waals surface area contributed by atoms with Gasteiger partial charge in [-0.25, -0.2) is 4.79 Å². The Kier molecular flexibility index (Phi) is 4.20. The lowest BCUT2D eigenvalue weighted by atomic mass is 10.0. The van der Waals surface area contributed by atoms with Crippen LogP contribution in [0.1, 0.15) is 23.5 Å². The lowest BCUT2D eigenvalue weighted by molar-refractivity contribution is 0.240. The van der Waals surface area contributed by atoms with Crippen LogP contribution in [0.15, 0.2) is 24.3 Å². The first-order valence-electron chi connectivity index (χ1n) is 7.39. The van der Waals surface area contributed by atoms with Crippen molar-refractivity contribution in [2.45, 2.75) is 18.8 Å². The fourth-order valence-electron chi connectivity index (χ4n) is 3.45. The minimum Gasteiger partial charge on any atom is -0.338 e. The van der Waals surface area contributed by atoms with E-state index in [4.69, 9.17) is 0 Å². The van der Waals surface area contributed by atoms with E-state index in [-0.39, 0.29) is 6.03 Å². The summed E-state index contributed by atoms with van der Waals surface area (Å²) in [6.07, 6.45) is 4.32. The van der Waals surface area contributed by atoms with Gasteiger partial charge in [-0.05, 0) is 53.7 Å². The van der Waals surface area contributed by atoms with Crippen LogP contribution >= 0.6 is 11.8 Å². The van der Waals surface area contributed by atoms with E-state index in [2.05, 4.69) is 41.2 Å². The van der Waals surface area contributed by atoms with Gasteiger partial charge in [-0.3, -0.25) is 0 Å². The molecule has 1 fully saturated rings. The minimum absolute atomic E-state index is 0.00985. The summed E-state index contributed by atoms with van der Waals surface area (Å²) in [7, 11) is 0. The van der Waals surface area contributed by atoms with E-state index in [1.165, 1.54) is 17.5 Å². The van der Waals surface area contributed by atoms with Crippen molar-refractivity contribution in [3.63, 3.8) is 0 Å². The zero-order valence-corrected chi connectivity index (χ0v) is 12.7. The molecule has 3 nitrogen and oxygen atoms in total. The Morgan fingerprint density at radius 2 is 2.20 bits per heavy atom. The maximum Gasteiger partial charge on any atom is 0.314 e. The van der Waals surface area contributed by atoms with Crippen LogP contribution in [0.3, 0.4) is 0 Å². The van der Waals surface area contributed by atoms with Crippen LogP contribution in [0, 0.1) is 11.8 Å². The molecule has 20 heavy (non-hydrogen) atoms. The minimum atomic E-state index is -0.00985. The molecule has 2 aliphatic rings. The molecular formula is C16H22N2OS. The quantitative estimate of drug-likeness (QED) is 0.791. The second-order valence-electron chi connectivity index (χ2n) is 5.74. The summed E-state index contributed by atoms with van der Waals surface area (Å²) in [4.78, 5) is 11.7. The molecule has 2 amide bonds. The molecule has 0 unspecified atom stereocenters. The van der Waals surface area contributed by atoms with Crippen LogP contribution in [0.4, 0.5) is 4.79 Å². The maximum absolute atomic E-state index is 11.7. The van der Waals surface area contributed by atoms with Crippen molar-refractivity contribution < 1.29 is 4.79 Å². The molecule has 0 radical (unpaired) electrons. The first-order valence-corrected chi connectivity index (χ1v) is 8.79. The number of thioether (sulfide) groups is 1. The van der Waals surface area contributed by atoms with E-state index in [9.17, 15) is 4.79 Å². The molecular weight excluding hydrogens is 268 g/mol. The average Bonchev–Trinajstić information content (AvgIpc) is 3.00. The first kappa shape index (κ1) is 13.8. The van der Waals surface area contributed by atoms with Crippen molar-refractivity contribution in [2.75, 3.05) is 25.1 Å². The Bertz CT molecular complexity index is 491. The summed E-state index contributed by atoms with van der Waals surface area (Å²) in [6.45, 7) is 1.59. The summed E-state index contributed by atoms with van der Waals surface area (Å²) in [5, 5.41) is 5.95. The molecule has 3 rings (SSSR count). The van der Waals surface area contributed by atoms with Gasteiger partial charge in [0.15, 0.2) is 0 Å². The van der Waals surface area contributed by atoms with Crippen LogP contribution in [-0.4, -0.2) is 31.1 Å². The molecule has 108 valence electrons. The summed E-state index contributed by atoms with van der Waals surface area (Å²) in [6, 6.07) is 8.73. The van der Waals surface area contributed by atoms with Crippen molar-refractivity contribution in [3.05, 3.63) is 35.4 Å². The molecule has 1 aromatic carbocycles. The molecule has 1 saturated carbocycles. The number of fused-ring (bicyclic) bond motifs is 3. The highest BCUT2D eigenvalue weighted by atomic mass is 32.2. The molecule has 0 bridgehead atoms. The third-order valence-electron chi connectivity index (χ3n) is 4.51. The topological polar surface area (TPSA) is 41.1 Å². The third kappa shape index (κ3) is 2.80. The van der Waals surface area contributed by atoms with Crippen molar-refractivity contribution >= 4 is 17.8 Å². The van der Waals surface area contributed by atoms with E-state index in [0.717, 1.165) is 31.2 Å². The molecule has 0 aromatic heterocycles. The molecule has 1 aromatic rings. The van der Waals surface area contributed by atoms with E-state index >= 15 is 0 Å². The van der Waals surface area contributed by atoms with E-state index in [1.54, 1.807) is 0 Å². The number of hydrogen-bond acceptors (Lipinski definition) is 2. The molecule has 0 spiro atoms. The predicted octanol–water partition coefficient (Wildman–Crippen LogP) is 2.62. The van der Waals surface area contributed by atoms with Crippen LogP contribution in [0.25, 0.3) is 0 Å². The second kappa shape index (κ2) is 6.08. The van der Waals surface area contributed by atoms with Gasteiger partial charge in [0.2, 0.25) is 0 Å².